The monoisotopic (exact) mass is 517 g/mol. The number of halogens is 1. The lowest BCUT2D eigenvalue weighted by atomic mass is 10.1. The Morgan fingerprint density at radius 1 is 1.26 bits per heavy atom. The van der Waals surface area contributed by atoms with Crippen molar-refractivity contribution in [3.05, 3.63) is 78.0 Å². The Kier molecular flexibility index (Phi) is 7.19. The summed E-state index contributed by atoms with van der Waals surface area (Å²) in [6, 6.07) is 11.4. The van der Waals surface area contributed by atoms with Gasteiger partial charge in [0.2, 0.25) is 10.0 Å². The molecule has 0 radical (unpaired) electrons. The molecule has 1 aromatic carbocycles. The summed E-state index contributed by atoms with van der Waals surface area (Å²) in [7, 11) is -2.62. The van der Waals surface area contributed by atoms with Crippen LogP contribution >= 0.6 is 11.3 Å². The number of carbonyl (C=O) groups excluding carboxylic acids is 1. The molecule has 3 aromatic heterocycles. The average molecular weight is 518 g/mol. The highest BCUT2D eigenvalue weighted by Crippen LogP contribution is 2.29. The zero-order chi connectivity index (χ0) is 25.0. The van der Waals surface area contributed by atoms with Crippen molar-refractivity contribution < 1.29 is 27.4 Å². The third kappa shape index (κ3) is 5.70. The zero-order valence-electron chi connectivity index (χ0n) is 18.3. The van der Waals surface area contributed by atoms with Gasteiger partial charge in [-0.05, 0) is 42.0 Å². The maximum atomic E-state index is 13.7. The van der Waals surface area contributed by atoms with Crippen LogP contribution in [0, 0.1) is 5.82 Å². The molecule has 0 fully saturated rings. The predicted molar refractivity (Wildman–Crippen MR) is 124 cm³/mol. The fourth-order valence-corrected chi connectivity index (χ4v) is 5.55. The summed E-state index contributed by atoms with van der Waals surface area (Å²) in [5.74, 6) is -1.97. The van der Waals surface area contributed by atoms with Gasteiger partial charge in [0, 0.05) is 12.6 Å². The summed E-state index contributed by atoms with van der Waals surface area (Å²) >= 11 is 1.08. The van der Waals surface area contributed by atoms with Gasteiger partial charge in [0.05, 0.1) is 36.1 Å². The lowest BCUT2D eigenvalue weighted by molar-refractivity contribution is -0.144. The van der Waals surface area contributed by atoms with Crippen LogP contribution in [-0.2, 0) is 32.5 Å². The van der Waals surface area contributed by atoms with E-state index in [0.29, 0.717) is 16.1 Å². The Morgan fingerprint density at radius 2 is 2.09 bits per heavy atom. The first-order valence-electron chi connectivity index (χ1n) is 10.2. The number of aromatic hydroxyl groups is 1. The average Bonchev–Trinajstić information content (AvgIpc) is 3.54. The number of methoxy groups -OCH3 is 1. The van der Waals surface area contributed by atoms with Gasteiger partial charge in [-0.1, -0.05) is 17.3 Å². The third-order valence-electron chi connectivity index (χ3n) is 5.00. The number of ether oxygens (including phenoxy) is 1. The standard InChI is InChI=1S/C22H20FN5O5S2/c1-33-22(30)18(11-14-5-6-19(29)16(23)10-14)28-13-15(26-27-28)12-25-35(31,32)21-8-7-20(34-21)17-4-2-3-9-24-17/h2-10,13,18,25,29H,11-12H2,1H3/t18-/m0/s1. The molecule has 182 valence electrons. The number of sulfonamides is 1. The molecule has 0 spiro atoms. The van der Waals surface area contributed by atoms with Crippen LogP contribution in [0.25, 0.3) is 10.6 Å². The number of esters is 1. The first-order valence-corrected chi connectivity index (χ1v) is 12.5. The molecule has 0 unspecified atom stereocenters. The zero-order valence-corrected chi connectivity index (χ0v) is 20.0. The number of aromatic nitrogens is 4. The predicted octanol–water partition coefficient (Wildman–Crippen LogP) is 2.68. The molecule has 35 heavy (non-hydrogen) atoms. The van der Waals surface area contributed by atoms with Gasteiger partial charge in [-0.2, -0.15) is 0 Å². The van der Waals surface area contributed by atoms with Gasteiger partial charge in [-0.25, -0.2) is 27.0 Å². The van der Waals surface area contributed by atoms with E-state index >= 15 is 0 Å². The van der Waals surface area contributed by atoms with Gasteiger partial charge in [-0.15, -0.1) is 16.4 Å². The van der Waals surface area contributed by atoms with Crippen molar-refractivity contribution in [1.29, 1.82) is 0 Å². The molecule has 10 nitrogen and oxygen atoms in total. The van der Waals surface area contributed by atoms with E-state index in [1.165, 1.54) is 36.2 Å². The second-order valence-corrected chi connectivity index (χ2v) is 10.5. The Bertz CT molecular complexity index is 1440. The van der Waals surface area contributed by atoms with Gasteiger partial charge < -0.3 is 9.84 Å². The van der Waals surface area contributed by atoms with E-state index in [4.69, 9.17) is 4.74 Å². The first kappa shape index (κ1) is 24.4. The minimum Gasteiger partial charge on any atom is -0.505 e. The number of nitrogens with zero attached hydrogens (tertiary/aromatic N) is 4. The summed E-state index contributed by atoms with van der Waals surface area (Å²) in [6.45, 7) is -0.166. The lowest BCUT2D eigenvalue weighted by Crippen LogP contribution is -2.24. The molecule has 0 saturated heterocycles. The lowest BCUT2D eigenvalue weighted by Gasteiger charge is -2.14. The van der Waals surface area contributed by atoms with Crippen LogP contribution in [-0.4, -0.2) is 46.6 Å². The summed E-state index contributed by atoms with van der Waals surface area (Å²) in [5.41, 5.74) is 1.36. The highest BCUT2D eigenvalue weighted by molar-refractivity contribution is 7.91. The van der Waals surface area contributed by atoms with E-state index in [9.17, 15) is 22.7 Å². The highest BCUT2D eigenvalue weighted by atomic mass is 32.2. The van der Waals surface area contributed by atoms with Crippen molar-refractivity contribution in [2.75, 3.05) is 7.11 Å². The van der Waals surface area contributed by atoms with Crippen LogP contribution in [0.4, 0.5) is 4.39 Å². The molecule has 0 saturated carbocycles. The second kappa shape index (κ2) is 10.3. The Labute approximate surface area is 204 Å². The second-order valence-electron chi connectivity index (χ2n) is 7.38. The molecular weight excluding hydrogens is 497 g/mol. The van der Waals surface area contributed by atoms with Crippen LogP contribution < -0.4 is 4.72 Å². The number of thiophene rings is 1. The summed E-state index contributed by atoms with van der Waals surface area (Å²) in [6.07, 6.45) is 3.06. The molecule has 0 amide bonds. The van der Waals surface area contributed by atoms with Gasteiger partial charge in [0.15, 0.2) is 17.6 Å². The summed E-state index contributed by atoms with van der Waals surface area (Å²) < 4.78 is 47.8. The van der Waals surface area contributed by atoms with Crippen molar-refractivity contribution in [3.63, 3.8) is 0 Å². The number of benzene rings is 1. The number of pyridine rings is 1. The van der Waals surface area contributed by atoms with E-state index in [0.717, 1.165) is 17.4 Å². The van der Waals surface area contributed by atoms with Crippen LogP contribution in [0.5, 0.6) is 5.75 Å². The fourth-order valence-electron chi connectivity index (χ4n) is 3.22. The Balaban J connectivity index is 1.46. The first-order chi connectivity index (χ1) is 16.8. The van der Waals surface area contributed by atoms with Crippen molar-refractivity contribution in [3.8, 4) is 16.3 Å². The van der Waals surface area contributed by atoms with Gasteiger partial charge in [0.1, 0.15) is 4.21 Å². The van der Waals surface area contributed by atoms with Crippen molar-refractivity contribution in [1.82, 2.24) is 24.7 Å². The van der Waals surface area contributed by atoms with Crippen LogP contribution in [0.3, 0.4) is 0 Å². The number of carbonyl (C=O) groups is 1. The topological polar surface area (TPSA) is 136 Å². The van der Waals surface area contributed by atoms with Crippen molar-refractivity contribution >= 4 is 27.3 Å². The molecule has 13 heteroatoms. The maximum Gasteiger partial charge on any atom is 0.331 e. The molecule has 4 aromatic rings. The number of phenolic OH excluding ortho intramolecular Hbond substituents is 1. The van der Waals surface area contributed by atoms with E-state index in [1.807, 2.05) is 6.07 Å². The quantitative estimate of drug-likeness (QED) is 0.324. The largest absolute Gasteiger partial charge is 0.505 e. The smallest absolute Gasteiger partial charge is 0.331 e. The van der Waals surface area contributed by atoms with E-state index < -0.39 is 33.6 Å². The molecule has 0 aliphatic rings. The molecule has 4 rings (SSSR count). The van der Waals surface area contributed by atoms with E-state index in [-0.39, 0.29) is 22.9 Å². The fraction of sp³-hybridized carbons (Fsp3) is 0.182. The number of hydrogen-bond acceptors (Lipinski definition) is 9. The number of phenols is 1. The van der Waals surface area contributed by atoms with E-state index in [2.05, 4.69) is 20.0 Å². The third-order valence-corrected chi connectivity index (χ3v) is 8.00. The number of hydrogen-bond donors (Lipinski definition) is 2. The summed E-state index contributed by atoms with van der Waals surface area (Å²) in [5, 5.41) is 17.2. The highest BCUT2D eigenvalue weighted by Gasteiger charge is 2.25. The molecule has 0 aliphatic carbocycles. The SMILES string of the molecule is COC(=O)[C@H](Cc1ccc(O)c(F)c1)n1cc(CNS(=O)(=O)c2ccc(-c3ccccn3)s2)nn1. The van der Waals surface area contributed by atoms with Gasteiger partial charge in [-0.3, -0.25) is 4.98 Å². The van der Waals surface area contributed by atoms with Crippen molar-refractivity contribution in [2.45, 2.75) is 23.2 Å². The molecular formula is C22H20FN5O5S2. The van der Waals surface area contributed by atoms with Gasteiger partial charge >= 0.3 is 5.97 Å². The van der Waals surface area contributed by atoms with Gasteiger partial charge in [0.25, 0.3) is 0 Å². The molecule has 3 heterocycles. The molecule has 2 N–H and O–H groups in total. The molecule has 0 aliphatic heterocycles. The van der Waals surface area contributed by atoms with E-state index in [1.54, 1.807) is 24.4 Å². The normalized spacial score (nSPS) is 12.4. The number of rotatable bonds is 9. The maximum absolute atomic E-state index is 13.7. The van der Waals surface area contributed by atoms with Crippen LogP contribution in [0.2, 0.25) is 0 Å². The molecule has 1 atom stereocenters. The Morgan fingerprint density at radius 3 is 2.80 bits per heavy atom. The number of nitrogens with one attached hydrogen (secondary N) is 1. The summed E-state index contributed by atoms with van der Waals surface area (Å²) in [4.78, 5) is 17.3. The minimum absolute atomic E-state index is 0.0178. The minimum atomic E-state index is -3.83. The molecule has 0 bridgehead atoms. The van der Waals surface area contributed by atoms with Crippen LogP contribution in [0.1, 0.15) is 17.3 Å². The van der Waals surface area contributed by atoms with Crippen LogP contribution in [0.15, 0.2) is 65.1 Å². The Hall–Kier alpha value is -3.68. The van der Waals surface area contributed by atoms with Crippen molar-refractivity contribution in [2.24, 2.45) is 0 Å².